The lowest BCUT2D eigenvalue weighted by atomic mass is 9.93. The summed E-state index contributed by atoms with van der Waals surface area (Å²) in [4.78, 5) is 25.5. The standard InChI is InChI=1S/2C16H15N3/c2*1-9-6-5-7-11-10(2)14-13(8-12(9)11)15(17-3)19-16(14)18-4/h5-8H,4H2,1-3H3;5-8H,3H2,1-2,4H3. The Balaban J connectivity index is 0.000000155. The van der Waals surface area contributed by atoms with Gasteiger partial charge >= 0.3 is 0 Å². The van der Waals surface area contributed by atoms with Crippen LogP contribution < -0.4 is 0 Å². The first-order chi connectivity index (χ1) is 18.3. The number of aliphatic imine (C=N–C) groups is 6. The van der Waals surface area contributed by atoms with E-state index in [1.165, 1.54) is 43.8 Å². The number of fused-ring (bicyclic) bond motifs is 4. The molecule has 0 radical (unpaired) electrons. The lowest BCUT2D eigenvalue weighted by Gasteiger charge is -2.11. The third-order valence-corrected chi connectivity index (χ3v) is 7.40. The van der Waals surface area contributed by atoms with Crippen LogP contribution in [0.15, 0.2) is 78.5 Å². The van der Waals surface area contributed by atoms with Gasteiger partial charge in [-0.15, -0.1) is 0 Å². The molecule has 6 nitrogen and oxygen atoms in total. The fourth-order valence-electron chi connectivity index (χ4n) is 5.43. The lowest BCUT2D eigenvalue weighted by Crippen LogP contribution is -2.01. The van der Waals surface area contributed by atoms with Crippen molar-refractivity contribution in [1.29, 1.82) is 0 Å². The zero-order chi connectivity index (χ0) is 27.1. The van der Waals surface area contributed by atoms with Crippen LogP contribution in [0.4, 0.5) is 0 Å². The summed E-state index contributed by atoms with van der Waals surface area (Å²) < 4.78 is 0. The second-order valence-corrected chi connectivity index (χ2v) is 9.47. The van der Waals surface area contributed by atoms with Gasteiger partial charge < -0.3 is 0 Å². The van der Waals surface area contributed by atoms with E-state index in [-0.39, 0.29) is 0 Å². The van der Waals surface area contributed by atoms with Crippen LogP contribution in [0, 0.1) is 27.7 Å². The first-order valence-electron chi connectivity index (χ1n) is 12.5. The van der Waals surface area contributed by atoms with Gasteiger partial charge in [-0.25, -0.2) is 20.0 Å². The second-order valence-electron chi connectivity index (χ2n) is 9.47. The summed E-state index contributed by atoms with van der Waals surface area (Å²) in [5.41, 5.74) is 9.17. The van der Waals surface area contributed by atoms with Crippen LogP contribution in [-0.4, -0.2) is 50.9 Å². The van der Waals surface area contributed by atoms with Crippen LogP contribution in [0.5, 0.6) is 0 Å². The quantitative estimate of drug-likeness (QED) is 0.245. The molecule has 0 aromatic heterocycles. The molecule has 0 fully saturated rings. The molecule has 0 bridgehead atoms. The zero-order valence-corrected chi connectivity index (χ0v) is 22.7. The van der Waals surface area contributed by atoms with Gasteiger partial charge in [0.05, 0.1) is 0 Å². The van der Waals surface area contributed by atoms with Crippen molar-refractivity contribution in [3.63, 3.8) is 0 Å². The van der Waals surface area contributed by atoms with Crippen LogP contribution in [0.25, 0.3) is 21.5 Å². The third-order valence-electron chi connectivity index (χ3n) is 7.40. The smallest absolute Gasteiger partial charge is 0.162 e. The lowest BCUT2D eigenvalue weighted by molar-refractivity contribution is 1.38. The number of hydrogen-bond donors (Lipinski definition) is 0. The van der Waals surface area contributed by atoms with Crippen LogP contribution in [0.2, 0.25) is 0 Å². The first kappa shape index (κ1) is 25.1. The minimum Gasteiger partial charge on any atom is -0.270 e. The molecule has 0 N–H and O–H groups in total. The third kappa shape index (κ3) is 3.80. The Labute approximate surface area is 223 Å². The molecule has 4 aromatic rings. The Hall–Kier alpha value is -4.58. The fourth-order valence-corrected chi connectivity index (χ4v) is 5.43. The van der Waals surface area contributed by atoms with Crippen molar-refractivity contribution < 1.29 is 0 Å². The van der Waals surface area contributed by atoms with Gasteiger partial charge in [0.2, 0.25) is 0 Å². The predicted octanol–water partition coefficient (Wildman–Crippen LogP) is 6.59. The van der Waals surface area contributed by atoms with Gasteiger partial charge in [0.15, 0.2) is 23.3 Å². The highest BCUT2D eigenvalue weighted by atomic mass is 15.0. The van der Waals surface area contributed by atoms with Crippen molar-refractivity contribution in [2.75, 3.05) is 14.1 Å². The van der Waals surface area contributed by atoms with Crippen molar-refractivity contribution in [2.24, 2.45) is 30.0 Å². The molecule has 0 unspecified atom stereocenters. The SMILES string of the molecule is C=NC1=NC(=NC)c2c1cc1c(C)cccc1c2C.C=NC1=NC(=NC)c2cc3c(C)cccc3c(C)c21. The van der Waals surface area contributed by atoms with Gasteiger partial charge in [-0.3, -0.25) is 9.98 Å². The van der Waals surface area contributed by atoms with Crippen molar-refractivity contribution in [3.8, 4) is 0 Å². The Bertz CT molecular complexity index is 1800. The summed E-state index contributed by atoms with van der Waals surface area (Å²) in [5.74, 6) is 2.84. The van der Waals surface area contributed by atoms with Gasteiger partial charge in [0.25, 0.3) is 0 Å². The molecule has 188 valence electrons. The van der Waals surface area contributed by atoms with Crippen molar-refractivity contribution in [2.45, 2.75) is 27.7 Å². The van der Waals surface area contributed by atoms with Gasteiger partial charge in [-0.2, -0.15) is 0 Å². The van der Waals surface area contributed by atoms with Gasteiger partial charge in [-0.1, -0.05) is 36.4 Å². The summed E-state index contributed by atoms with van der Waals surface area (Å²) in [7, 11) is 3.51. The molecular formula is C32H30N6. The van der Waals surface area contributed by atoms with E-state index in [4.69, 9.17) is 0 Å². The van der Waals surface area contributed by atoms with Crippen LogP contribution >= 0.6 is 0 Å². The van der Waals surface area contributed by atoms with Crippen molar-refractivity contribution in [3.05, 3.63) is 93.0 Å². The molecular weight excluding hydrogens is 468 g/mol. The summed E-state index contributed by atoms with van der Waals surface area (Å²) in [6.07, 6.45) is 0. The minimum absolute atomic E-state index is 0.670. The first-order valence-corrected chi connectivity index (χ1v) is 12.5. The normalized spacial score (nSPS) is 15.7. The zero-order valence-electron chi connectivity index (χ0n) is 22.7. The van der Waals surface area contributed by atoms with Crippen LogP contribution in [0.3, 0.4) is 0 Å². The number of amidine groups is 4. The van der Waals surface area contributed by atoms with E-state index in [9.17, 15) is 0 Å². The highest BCUT2D eigenvalue weighted by molar-refractivity contribution is 6.26. The monoisotopic (exact) mass is 498 g/mol. The molecule has 6 heteroatoms. The van der Waals surface area contributed by atoms with Crippen molar-refractivity contribution >= 4 is 58.3 Å². The van der Waals surface area contributed by atoms with E-state index < -0.39 is 0 Å². The summed E-state index contributed by atoms with van der Waals surface area (Å²) in [5, 5.41) is 4.99. The maximum Gasteiger partial charge on any atom is 0.162 e. The molecule has 0 spiro atoms. The molecule has 0 saturated heterocycles. The largest absolute Gasteiger partial charge is 0.270 e. The highest BCUT2D eigenvalue weighted by Crippen LogP contribution is 2.33. The van der Waals surface area contributed by atoms with Gasteiger partial charge in [-0.05, 0) is 97.1 Å². The number of hydrogen-bond acceptors (Lipinski definition) is 4. The van der Waals surface area contributed by atoms with Gasteiger partial charge in [0, 0.05) is 36.3 Å². The Morgan fingerprint density at radius 1 is 0.579 bits per heavy atom. The van der Waals surface area contributed by atoms with E-state index in [2.05, 4.69) is 120 Å². The highest BCUT2D eigenvalue weighted by Gasteiger charge is 2.25. The average molecular weight is 499 g/mol. The Morgan fingerprint density at radius 3 is 1.61 bits per heavy atom. The Kier molecular flexibility index (Phi) is 6.41. The number of rotatable bonds is 0. The molecule has 2 aliphatic heterocycles. The maximum atomic E-state index is 4.44. The molecule has 6 rings (SSSR count). The number of benzene rings is 4. The number of nitrogens with zero attached hydrogens (tertiary/aromatic N) is 6. The van der Waals surface area contributed by atoms with Crippen molar-refractivity contribution in [1.82, 2.24) is 0 Å². The summed E-state index contributed by atoms with van der Waals surface area (Å²) in [6.45, 7) is 15.7. The van der Waals surface area contributed by atoms with E-state index in [1.807, 2.05) is 0 Å². The molecule has 0 aliphatic carbocycles. The second kappa shape index (κ2) is 9.71. The minimum atomic E-state index is 0.670. The molecule has 0 atom stereocenters. The van der Waals surface area contributed by atoms with Crippen LogP contribution in [-0.2, 0) is 0 Å². The topological polar surface area (TPSA) is 74.2 Å². The molecule has 0 amide bonds. The fraction of sp³-hybridized carbons (Fsp3) is 0.188. The molecule has 38 heavy (non-hydrogen) atoms. The van der Waals surface area contributed by atoms with E-state index in [0.29, 0.717) is 11.7 Å². The summed E-state index contributed by atoms with van der Waals surface area (Å²) >= 11 is 0. The molecule has 2 aliphatic rings. The van der Waals surface area contributed by atoms with E-state index >= 15 is 0 Å². The van der Waals surface area contributed by atoms with Gasteiger partial charge in [0.1, 0.15) is 0 Å². The average Bonchev–Trinajstić information content (AvgIpc) is 3.48. The molecule has 2 heterocycles. The van der Waals surface area contributed by atoms with Crippen LogP contribution in [0.1, 0.15) is 44.5 Å². The molecule has 0 saturated carbocycles. The Morgan fingerprint density at radius 2 is 1.08 bits per heavy atom. The molecule has 4 aromatic carbocycles. The van der Waals surface area contributed by atoms with E-state index in [0.717, 1.165) is 33.9 Å². The summed E-state index contributed by atoms with van der Waals surface area (Å²) in [6, 6.07) is 17.0. The number of aryl methyl sites for hydroxylation is 4. The maximum absolute atomic E-state index is 4.44. The predicted molar refractivity (Wildman–Crippen MR) is 164 cm³/mol. The van der Waals surface area contributed by atoms with E-state index in [1.54, 1.807) is 14.1 Å².